The van der Waals surface area contributed by atoms with E-state index in [1.165, 1.54) is 22.5 Å². The lowest BCUT2D eigenvalue weighted by Crippen LogP contribution is -2.29. The second kappa shape index (κ2) is 10.4. The van der Waals surface area contributed by atoms with Gasteiger partial charge in [0.05, 0.1) is 17.8 Å². The number of anilines is 1. The van der Waals surface area contributed by atoms with Gasteiger partial charge >= 0.3 is 0 Å². The van der Waals surface area contributed by atoms with Crippen molar-refractivity contribution in [3.8, 4) is 17.2 Å². The summed E-state index contributed by atoms with van der Waals surface area (Å²) < 4.78 is 8.39. The van der Waals surface area contributed by atoms with Gasteiger partial charge in [0.2, 0.25) is 0 Å². The monoisotopic (exact) mass is 530 g/mol. The Bertz CT molecular complexity index is 1600. The molecule has 0 amide bonds. The first-order chi connectivity index (χ1) is 19.0. The first-order valence-corrected chi connectivity index (χ1v) is 13.5. The summed E-state index contributed by atoms with van der Waals surface area (Å²) in [6.45, 7) is 6.60. The molecule has 39 heavy (non-hydrogen) atoms. The highest BCUT2D eigenvalue weighted by molar-refractivity contribution is 7.80. The number of ether oxygens (including phenoxy) is 1. The normalized spacial score (nSPS) is 16.8. The minimum Gasteiger partial charge on any atom is -0.457 e. The zero-order valence-electron chi connectivity index (χ0n) is 22.2. The van der Waals surface area contributed by atoms with Crippen molar-refractivity contribution in [1.29, 1.82) is 0 Å². The van der Waals surface area contributed by atoms with E-state index in [0.29, 0.717) is 5.11 Å². The number of aromatic nitrogens is 2. The molecule has 6 rings (SSSR count). The maximum atomic E-state index is 6.05. The maximum absolute atomic E-state index is 6.05. The van der Waals surface area contributed by atoms with Crippen molar-refractivity contribution >= 4 is 23.0 Å². The van der Waals surface area contributed by atoms with Crippen molar-refractivity contribution in [2.75, 3.05) is 4.90 Å². The summed E-state index contributed by atoms with van der Waals surface area (Å²) in [7, 11) is 0. The molecule has 1 aliphatic rings. The topological polar surface area (TPSA) is 42.3 Å². The van der Waals surface area contributed by atoms with Crippen LogP contribution in [0.4, 0.5) is 5.69 Å². The van der Waals surface area contributed by atoms with Crippen molar-refractivity contribution < 1.29 is 4.74 Å². The number of benzene rings is 3. The number of rotatable bonds is 6. The van der Waals surface area contributed by atoms with Gasteiger partial charge in [0.25, 0.3) is 0 Å². The predicted molar refractivity (Wildman–Crippen MR) is 161 cm³/mol. The van der Waals surface area contributed by atoms with Gasteiger partial charge in [-0.2, -0.15) is 0 Å². The van der Waals surface area contributed by atoms with E-state index in [9.17, 15) is 0 Å². The average molecular weight is 531 g/mol. The highest BCUT2D eigenvalue weighted by Crippen LogP contribution is 2.45. The van der Waals surface area contributed by atoms with Gasteiger partial charge in [-0.05, 0) is 99.2 Å². The number of nitrogens with one attached hydrogen (secondary N) is 1. The van der Waals surface area contributed by atoms with Gasteiger partial charge < -0.3 is 19.5 Å². The minimum absolute atomic E-state index is 0.0862. The van der Waals surface area contributed by atoms with Gasteiger partial charge in [-0.25, -0.2) is 0 Å². The van der Waals surface area contributed by atoms with Crippen molar-refractivity contribution in [3.63, 3.8) is 0 Å². The minimum atomic E-state index is -0.109. The summed E-state index contributed by atoms with van der Waals surface area (Å²) in [5.74, 6) is 1.58. The van der Waals surface area contributed by atoms with E-state index in [-0.39, 0.29) is 12.1 Å². The Morgan fingerprint density at radius 3 is 2.03 bits per heavy atom. The fraction of sp³-hybridized carbons (Fsp3) is 0.152. The number of nitrogens with zero attached hydrogens (tertiary/aromatic N) is 3. The maximum Gasteiger partial charge on any atom is 0.174 e. The summed E-state index contributed by atoms with van der Waals surface area (Å²) in [4.78, 5) is 6.96. The first kappa shape index (κ1) is 24.9. The van der Waals surface area contributed by atoms with Crippen LogP contribution in [0.1, 0.15) is 40.3 Å². The van der Waals surface area contributed by atoms with E-state index in [1.807, 2.05) is 60.8 Å². The Labute approximate surface area is 234 Å². The Balaban J connectivity index is 1.45. The Hall–Kier alpha value is -4.42. The van der Waals surface area contributed by atoms with Crippen molar-refractivity contribution in [3.05, 3.63) is 138 Å². The SMILES string of the molecule is Cc1c(C2C(c3ccccn3)NC(=S)N2c2ccc(Oc3ccccc3)cc2)c(C)n(-c2ccccc2)c1C. The van der Waals surface area contributed by atoms with Gasteiger partial charge in [0.1, 0.15) is 11.5 Å². The standard InChI is InChI=1S/C33H30N4OS/c1-22-23(2)36(25-12-6-4-7-13-25)24(3)30(22)32-31(29-16-10-11-21-34-29)35-33(39)37(32)26-17-19-28(20-18-26)38-27-14-8-5-9-15-27/h4-21,31-32H,1-3H3,(H,35,39). The van der Waals surface area contributed by atoms with Crippen LogP contribution in [0, 0.1) is 20.8 Å². The Morgan fingerprint density at radius 2 is 1.36 bits per heavy atom. The molecule has 2 aromatic heterocycles. The Kier molecular flexibility index (Phi) is 6.63. The molecule has 6 heteroatoms. The second-order valence-electron chi connectivity index (χ2n) is 9.79. The van der Waals surface area contributed by atoms with E-state index in [2.05, 4.69) is 84.1 Å². The number of thiocarbonyl (C=S) groups is 1. The lowest BCUT2D eigenvalue weighted by molar-refractivity contribution is 0.482. The lowest BCUT2D eigenvalue weighted by Gasteiger charge is -2.29. The molecule has 1 N–H and O–H groups in total. The summed E-state index contributed by atoms with van der Waals surface area (Å²) in [6.07, 6.45) is 1.84. The molecule has 0 spiro atoms. The molecule has 5 aromatic rings. The number of pyridine rings is 1. The van der Waals surface area contributed by atoms with E-state index in [4.69, 9.17) is 21.9 Å². The van der Waals surface area contributed by atoms with Crippen LogP contribution in [0.5, 0.6) is 11.5 Å². The predicted octanol–water partition coefficient (Wildman–Crippen LogP) is 7.77. The zero-order valence-corrected chi connectivity index (χ0v) is 23.0. The molecular weight excluding hydrogens is 500 g/mol. The van der Waals surface area contributed by atoms with Gasteiger partial charge in [0.15, 0.2) is 5.11 Å². The molecule has 0 bridgehead atoms. The highest BCUT2D eigenvalue weighted by atomic mass is 32.1. The van der Waals surface area contributed by atoms with E-state index in [0.717, 1.165) is 28.6 Å². The molecule has 1 fully saturated rings. The number of para-hydroxylation sites is 2. The summed E-state index contributed by atoms with van der Waals surface area (Å²) in [6, 6.07) is 34.3. The van der Waals surface area contributed by atoms with E-state index < -0.39 is 0 Å². The highest BCUT2D eigenvalue weighted by Gasteiger charge is 2.43. The fourth-order valence-electron chi connectivity index (χ4n) is 5.63. The summed E-state index contributed by atoms with van der Waals surface area (Å²) in [5, 5.41) is 4.28. The molecular formula is C33H30N4OS. The van der Waals surface area contributed by atoms with Gasteiger partial charge in [-0.3, -0.25) is 4.98 Å². The third kappa shape index (κ3) is 4.57. The van der Waals surface area contributed by atoms with Gasteiger partial charge in [-0.15, -0.1) is 0 Å². The van der Waals surface area contributed by atoms with Crippen LogP contribution in [0.25, 0.3) is 5.69 Å². The molecule has 2 atom stereocenters. The van der Waals surface area contributed by atoms with Crippen LogP contribution in [0.15, 0.2) is 109 Å². The third-order valence-electron chi connectivity index (χ3n) is 7.51. The van der Waals surface area contributed by atoms with E-state index >= 15 is 0 Å². The molecule has 0 aliphatic carbocycles. The molecule has 1 aliphatic heterocycles. The van der Waals surface area contributed by atoms with Crippen molar-refractivity contribution in [1.82, 2.24) is 14.9 Å². The number of hydrogen-bond acceptors (Lipinski definition) is 3. The van der Waals surface area contributed by atoms with Crippen LogP contribution in [0.3, 0.4) is 0 Å². The number of hydrogen-bond donors (Lipinski definition) is 1. The van der Waals surface area contributed by atoms with Crippen molar-refractivity contribution in [2.24, 2.45) is 0 Å². The largest absolute Gasteiger partial charge is 0.457 e. The first-order valence-electron chi connectivity index (χ1n) is 13.1. The molecule has 3 heterocycles. The van der Waals surface area contributed by atoms with Crippen LogP contribution in [0.2, 0.25) is 0 Å². The summed E-state index contributed by atoms with van der Waals surface area (Å²) >= 11 is 5.98. The molecule has 5 nitrogen and oxygen atoms in total. The van der Waals surface area contributed by atoms with Crippen LogP contribution in [-0.2, 0) is 0 Å². The van der Waals surface area contributed by atoms with E-state index in [1.54, 1.807) is 0 Å². The molecule has 194 valence electrons. The van der Waals surface area contributed by atoms with Crippen molar-refractivity contribution in [2.45, 2.75) is 32.9 Å². The molecule has 1 saturated heterocycles. The Morgan fingerprint density at radius 1 is 0.718 bits per heavy atom. The lowest BCUT2D eigenvalue weighted by atomic mass is 9.93. The van der Waals surface area contributed by atoms with Crippen LogP contribution in [-0.4, -0.2) is 14.7 Å². The molecule has 0 radical (unpaired) electrons. The van der Waals surface area contributed by atoms with Gasteiger partial charge in [-0.1, -0.05) is 42.5 Å². The second-order valence-corrected chi connectivity index (χ2v) is 10.2. The zero-order chi connectivity index (χ0) is 26.9. The van der Waals surface area contributed by atoms with Crippen LogP contribution < -0.4 is 15.0 Å². The molecule has 3 aromatic carbocycles. The molecule has 0 saturated carbocycles. The third-order valence-corrected chi connectivity index (χ3v) is 7.82. The van der Waals surface area contributed by atoms with Gasteiger partial charge in [0, 0.05) is 34.5 Å². The smallest absolute Gasteiger partial charge is 0.174 e. The van der Waals surface area contributed by atoms with Crippen LogP contribution >= 0.6 is 12.2 Å². The average Bonchev–Trinajstić information content (AvgIpc) is 3.42. The fourth-order valence-corrected chi connectivity index (χ4v) is 5.98. The molecule has 2 unspecified atom stereocenters. The summed E-state index contributed by atoms with van der Waals surface area (Å²) in [5.41, 5.74) is 8.03. The quantitative estimate of drug-likeness (QED) is 0.227.